The van der Waals surface area contributed by atoms with E-state index in [9.17, 15) is 14.3 Å². The Bertz CT molecular complexity index is 505. The van der Waals surface area contributed by atoms with Crippen LogP contribution in [0.1, 0.15) is 38.4 Å². The van der Waals surface area contributed by atoms with Crippen LogP contribution >= 0.6 is 0 Å². The Morgan fingerprint density at radius 2 is 2.20 bits per heavy atom. The zero-order valence-corrected chi connectivity index (χ0v) is 11.8. The van der Waals surface area contributed by atoms with Gasteiger partial charge in [0.25, 0.3) is 0 Å². The van der Waals surface area contributed by atoms with E-state index in [0.717, 1.165) is 12.8 Å². The van der Waals surface area contributed by atoms with Crippen LogP contribution in [-0.4, -0.2) is 23.6 Å². The summed E-state index contributed by atoms with van der Waals surface area (Å²) in [5, 5.41) is 9.47. The van der Waals surface area contributed by atoms with E-state index < -0.39 is 6.10 Å². The van der Waals surface area contributed by atoms with E-state index >= 15 is 0 Å². The molecule has 110 valence electrons. The number of hydrogen-bond acceptors (Lipinski definition) is 3. The summed E-state index contributed by atoms with van der Waals surface area (Å²) in [6.07, 6.45) is 0.863. The molecule has 0 bridgehead atoms. The molecule has 1 fully saturated rings. The van der Waals surface area contributed by atoms with Gasteiger partial charge in [-0.2, -0.15) is 0 Å². The molecule has 2 unspecified atom stereocenters. The number of rotatable bonds is 3. The highest BCUT2D eigenvalue weighted by Crippen LogP contribution is 2.30. The Labute approximate surface area is 118 Å². The molecule has 0 aliphatic carbocycles. The number of hydrogen-bond donors (Lipinski definition) is 2. The van der Waals surface area contributed by atoms with Gasteiger partial charge in [-0.15, -0.1) is 0 Å². The maximum absolute atomic E-state index is 14.2. The summed E-state index contributed by atoms with van der Waals surface area (Å²) in [5.74, 6) is -0.940. The van der Waals surface area contributed by atoms with Crippen LogP contribution in [0.5, 0.6) is 0 Å². The molecular formula is C15H21FN2O2. The van der Waals surface area contributed by atoms with Crippen molar-refractivity contribution in [1.82, 2.24) is 0 Å². The Morgan fingerprint density at radius 3 is 2.75 bits per heavy atom. The van der Waals surface area contributed by atoms with Gasteiger partial charge in [0.2, 0.25) is 5.91 Å². The number of piperidine rings is 1. The minimum Gasteiger partial charge on any atom is -0.389 e. The van der Waals surface area contributed by atoms with Crippen molar-refractivity contribution in [1.29, 1.82) is 0 Å². The number of nitrogens with two attached hydrogens (primary N) is 1. The van der Waals surface area contributed by atoms with Crippen LogP contribution in [0.2, 0.25) is 0 Å². The predicted octanol–water partition coefficient (Wildman–Crippen LogP) is 1.97. The molecule has 1 heterocycles. The van der Waals surface area contributed by atoms with Crippen molar-refractivity contribution in [3.8, 4) is 0 Å². The van der Waals surface area contributed by atoms with Crippen molar-refractivity contribution in [2.24, 2.45) is 11.7 Å². The van der Waals surface area contributed by atoms with Gasteiger partial charge < -0.3 is 15.7 Å². The van der Waals surface area contributed by atoms with Gasteiger partial charge in [-0.25, -0.2) is 4.39 Å². The van der Waals surface area contributed by atoms with Gasteiger partial charge in [0.1, 0.15) is 5.82 Å². The van der Waals surface area contributed by atoms with Crippen LogP contribution in [0.4, 0.5) is 10.1 Å². The van der Waals surface area contributed by atoms with Crippen LogP contribution in [0.3, 0.4) is 0 Å². The van der Waals surface area contributed by atoms with Gasteiger partial charge in [-0.3, -0.25) is 4.79 Å². The molecule has 2 rings (SSSR count). The number of anilines is 1. The van der Waals surface area contributed by atoms with E-state index in [0.29, 0.717) is 17.8 Å². The fourth-order valence-corrected chi connectivity index (χ4v) is 2.69. The topological polar surface area (TPSA) is 66.6 Å². The summed E-state index contributed by atoms with van der Waals surface area (Å²) >= 11 is 0. The van der Waals surface area contributed by atoms with Crippen molar-refractivity contribution in [3.63, 3.8) is 0 Å². The third-order valence-electron chi connectivity index (χ3n) is 4.05. The van der Waals surface area contributed by atoms with Crippen molar-refractivity contribution in [2.75, 3.05) is 11.4 Å². The maximum atomic E-state index is 14.2. The summed E-state index contributed by atoms with van der Waals surface area (Å²) < 4.78 is 14.2. The molecule has 1 aliphatic heterocycles. The third kappa shape index (κ3) is 2.93. The number of nitrogens with zero attached hydrogens (tertiary/aromatic N) is 1. The average molecular weight is 280 g/mol. The molecule has 1 saturated heterocycles. The van der Waals surface area contributed by atoms with Crippen molar-refractivity contribution >= 4 is 11.6 Å². The standard InChI is InChI=1S/C15H21FN2O2/c1-9-3-4-12(15(17)20)8-18(9)14-6-5-11(10(2)19)7-13(14)16/h5-7,9-10,12,19H,3-4,8H2,1-2H3,(H2,17,20)/t9?,10-,12?/m1/s1. The molecule has 4 nitrogen and oxygen atoms in total. The van der Waals surface area contributed by atoms with E-state index in [1.54, 1.807) is 19.1 Å². The number of carbonyl (C=O) groups excluding carboxylic acids is 1. The lowest BCUT2D eigenvalue weighted by Crippen LogP contribution is -2.46. The highest BCUT2D eigenvalue weighted by atomic mass is 19.1. The predicted molar refractivity (Wildman–Crippen MR) is 75.8 cm³/mol. The maximum Gasteiger partial charge on any atom is 0.222 e. The van der Waals surface area contributed by atoms with Crippen molar-refractivity contribution < 1.29 is 14.3 Å². The van der Waals surface area contributed by atoms with Gasteiger partial charge in [-0.05, 0) is 44.4 Å². The van der Waals surface area contributed by atoms with Gasteiger partial charge in [0.15, 0.2) is 0 Å². The number of carbonyl (C=O) groups is 1. The lowest BCUT2D eigenvalue weighted by atomic mass is 9.92. The fraction of sp³-hybridized carbons (Fsp3) is 0.533. The average Bonchev–Trinajstić information content (AvgIpc) is 2.39. The highest BCUT2D eigenvalue weighted by molar-refractivity contribution is 5.77. The minimum atomic E-state index is -0.698. The van der Waals surface area contributed by atoms with E-state index in [1.807, 2.05) is 11.8 Å². The summed E-state index contributed by atoms with van der Waals surface area (Å²) in [7, 11) is 0. The quantitative estimate of drug-likeness (QED) is 0.889. The summed E-state index contributed by atoms with van der Waals surface area (Å²) in [6.45, 7) is 4.06. The monoisotopic (exact) mass is 280 g/mol. The van der Waals surface area contributed by atoms with Crippen molar-refractivity contribution in [2.45, 2.75) is 38.8 Å². The zero-order chi connectivity index (χ0) is 14.9. The second-order valence-corrected chi connectivity index (χ2v) is 5.56. The number of benzene rings is 1. The molecular weight excluding hydrogens is 259 g/mol. The molecule has 20 heavy (non-hydrogen) atoms. The van der Waals surface area contributed by atoms with E-state index in [4.69, 9.17) is 5.73 Å². The first kappa shape index (κ1) is 14.8. The van der Waals surface area contributed by atoms with Crippen LogP contribution in [0.15, 0.2) is 18.2 Å². The molecule has 1 aliphatic rings. The molecule has 3 atom stereocenters. The summed E-state index contributed by atoms with van der Waals surface area (Å²) in [4.78, 5) is 13.2. The lowest BCUT2D eigenvalue weighted by molar-refractivity contribution is -0.122. The Balaban J connectivity index is 2.27. The smallest absolute Gasteiger partial charge is 0.222 e. The number of aliphatic hydroxyl groups is 1. The van der Waals surface area contributed by atoms with Gasteiger partial charge in [0, 0.05) is 12.6 Å². The zero-order valence-electron chi connectivity index (χ0n) is 11.8. The van der Waals surface area contributed by atoms with E-state index in [1.165, 1.54) is 6.07 Å². The first-order valence-corrected chi connectivity index (χ1v) is 6.93. The first-order chi connectivity index (χ1) is 9.40. The second kappa shape index (κ2) is 5.79. The Kier molecular flexibility index (Phi) is 4.28. The largest absolute Gasteiger partial charge is 0.389 e. The fourth-order valence-electron chi connectivity index (χ4n) is 2.69. The van der Waals surface area contributed by atoms with E-state index in [-0.39, 0.29) is 23.7 Å². The Morgan fingerprint density at radius 1 is 1.50 bits per heavy atom. The Hall–Kier alpha value is -1.62. The van der Waals surface area contributed by atoms with Crippen LogP contribution in [0, 0.1) is 11.7 Å². The molecule has 3 N–H and O–H groups in total. The molecule has 0 saturated carbocycles. The highest BCUT2D eigenvalue weighted by Gasteiger charge is 2.30. The van der Waals surface area contributed by atoms with Gasteiger partial charge >= 0.3 is 0 Å². The number of aliphatic hydroxyl groups excluding tert-OH is 1. The third-order valence-corrected chi connectivity index (χ3v) is 4.05. The SMILES string of the molecule is CC1CCC(C(N)=O)CN1c1ccc([C@@H](C)O)cc1F. The minimum absolute atomic E-state index is 0.164. The van der Waals surface area contributed by atoms with Gasteiger partial charge in [0.05, 0.1) is 17.7 Å². The van der Waals surface area contributed by atoms with Gasteiger partial charge in [-0.1, -0.05) is 6.07 Å². The van der Waals surface area contributed by atoms with E-state index in [2.05, 4.69) is 0 Å². The normalized spacial score (nSPS) is 24.5. The second-order valence-electron chi connectivity index (χ2n) is 5.56. The lowest BCUT2D eigenvalue weighted by Gasteiger charge is -2.38. The molecule has 1 amide bonds. The van der Waals surface area contributed by atoms with Crippen LogP contribution in [0.25, 0.3) is 0 Å². The number of halogens is 1. The first-order valence-electron chi connectivity index (χ1n) is 6.93. The molecule has 0 radical (unpaired) electrons. The molecule has 5 heteroatoms. The molecule has 0 spiro atoms. The molecule has 0 aromatic heterocycles. The van der Waals surface area contributed by atoms with Crippen molar-refractivity contribution in [3.05, 3.63) is 29.6 Å². The summed E-state index contributed by atoms with van der Waals surface area (Å²) in [6, 6.07) is 4.89. The molecule has 1 aromatic carbocycles. The summed E-state index contributed by atoms with van der Waals surface area (Å²) in [5.41, 5.74) is 6.37. The number of primary amides is 1. The van der Waals surface area contributed by atoms with Crippen LogP contribution < -0.4 is 10.6 Å². The van der Waals surface area contributed by atoms with Crippen LogP contribution in [-0.2, 0) is 4.79 Å². The number of amides is 1. The molecule has 1 aromatic rings.